The van der Waals surface area contributed by atoms with Gasteiger partial charge in [0.25, 0.3) is 5.91 Å². The Bertz CT molecular complexity index is 885. The maximum atomic E-state index is 13.3. The van der Waals surface area contributed by atoms with E-state index in [1.807, 2.05) is 40.0 Å². The number of nitrogens with zero attached hydrogens (tertiary/aromatic N) is 4. The van der Waals surface area contributed by atoms with Gasteiger partial charge in [-0.25, -0.2) is 4.98 Å². The topological polar surface area (TPSA) is 92.1 Å². The maximum absolute atomic E-state index is 13.3. The third-order valence-electron chi connectivity index (χ3n) is 5.22. The van der Waals surface area contributed by atoms with Crippen LogP contribution in [-0.2, 0) is 17.9 Å². The lowest BCUT2D eigenvalue weighted by atomic mass is 9.86. The van der Waals surface area contributed by atoms with Gasteiger partial charge in [-0.1, -0.05) is 20.8 Å². The number of amides is 2. The Labute approximate surface area is 171 Å². The van der Waals surface area contributed by atoms with Crippen LogP contribution < -0.4 is 10.6 Å². The Morgan fingerprint density at radius 2 is 1.86 bits per heavy atom. The monoisotopic (exact) mass is 398 g/mol. The summed E-state index contributed by atoms with van der Waals surface area (Å²) in [7, 11) is 3.62. The van der Waals surface area contributed by atoms with Crippen molar-refractivity contribution in [2.45, 2.75) is 46.3 Å². The van der Waals surface area contributed by atoms with Crippen molar-refractivity contribution in [3.8, 4) is 11.4 Å². The second kappa shape index (κ2) is 8.32. The third kappa shape index (κ3) is 4.48. The fourth-order valence-corrected chi connectivity index (χ4v) is 3.64. The highest BCUT2D eigenvalue weighted by molar-refractivity contribution is 5.97. The van der Waals surface area contributed by atoms with E-state index >= 15 is 0 Å². The molecule has 0 saturated carbocycles. The molecule has 1 aliphatic rings. The first kappa shape index (κ1) is 21.0. The smallest absolute Gasteiger partial charge is 0.272 e. The standard InChI is InChI=1S/C21H30N6O2/c1-21(2,3)17(20(29)22-4)25-19(28)16-15-13-26(5)11-6-12-27(15)18(24-16)14-7-9-23-10-8-14/h7-10,17H,6,11-13H2,1-5H3,(H,22,29)(H,25,28)/t17-/m1/s1. The summed E-state index contributed by atoms with van der Waals surface area (Å²) in [5.74, 6) is 0.214. The van der Waals surface area contributed by atoms with Crippen molar-refractivity contribution >= 4 is 11.8 Å². The number of carbonyl (C=O) groups is 2. The van der Waals surface area contributed by atoms with Gasteiger partial charge in [-0.3, -0.25) is 14.6 Å². The second-order valence-corrected chi connectivity index (χ2v) is 8.60. The maximum Gasteiger partial charge on any atom is 0.272 e. The first-order valence-electron chi connectivity index (χ1n) is 9.93. The molecule has 1 aliphatic heterocycles. The Morgan fingerprint density at radius 3 is 2.48 bits per heavy atom. The number of hydrogen-bond acceptors (Lipinski definition) is 5. The molecule has 29 heavy (non-hydrogen) atoms. The van der Waals surface area contributed by atoms with Crippen molar-refractivity contribution < 1.29 is 9.59 Å². The molecule has 3 heterocycles. The molecule has 0 bridgehead atoms. The first-order chi connectivity index (χ1) is 13.7. The lowest BCUT2D eigenvalue weighted by Gasteiger charge is -2.29. The molecule has 0 unspecified atom stereocenters. The van der Waals surface area contributed by atoms with E-state index in [-0.39, 0.29) is 11.8 Å². The summed E-state index contributed by atoms with van der Waals surface area (Å²) in [6.07, 6.45) is 4.42. The highest BCUT2D eigenvalue weighted by Crippen LogP contribution is 2.26. The van der Waals surface area contributed by atoms with E-state index in [0.29, 0.717) is 12.2 Å². The minimum atomic E-state index is -0.662. The number of fused-ring (bicyclic) bond motifs is 1. The van der Waals surface area contributed by atoms with Crippen molar-refractivity contribution in [3.05, 3.63) is 35.9 Å². The number of hydrogen-bond donors (Lipinski definition) is 2. The highest BCUT2D eigenvalue weighted by Gasteiger charge is 2.34. The molecule has 0 saturated heterocycles. The van der Waals surface area contributed by atoms with E-state index in [1.54, 1.807) is 19.4 Å². The van der Waals surface area contributed by atoms with E-state index in [0.717, 1.165) is 36.6 Å². The van der Waals surface area contributed by atoms with Crippen LogP contribution in [0.4, 0.5) is 0 Å². The number of pyridine rings is 1. The van der Waals surface area contributed by atoms with E-state index in [4.69, 9.17) is 4.98 Å². The summed E-state index contributed by atoms with van der Waals surface area (Å²) in [5, 5.41) is 5.56. The van der Waals surface area contributed by atoms with Gasteiger partial charge < -0.3 is 20.1 Å². The predicted molar refractivity (Wildman–Crippen MR) is 111 cm³/mol. The van der Waals surface area contributed by atoms with Crippen molar-refractivity contribution in [3.63, 3.8) is 0 Å². The van der Waals surface area contributed by atoms with E-state index in [1.165, 1.54) is 0 Å². The van der Waals surface area contributed by atoms with Crippen LogP contribution >= 0.6 is 0 Å². The Morgan fingerprint density at radius 1 is 1.17 bits per heavy atom. The van der Waals surface area contributed by atoms with Crippen LogP contribution in [0, 0.1) is 5.41 Å². The van der Waals surface area contributed by atoms with Gasteiger partial charge in [-0.2, -0.15) is 0 Å². The van der Waals surface area contributed by atoms with Gasteiger partial charge in [0.05, 0.1) is 5.69 Å². The molecule has 2 aromatic rings. The number of likely N-dealkylation sites (N-methyl/N-ethyl adjacent to an activating group) is 1. The largest absolute Gasteiger partial charge is 0.357 e. The zero-order valence-corrected chi connectivity index (χ0v) is 17.8. The average Bonchev–Trinajstić information content (AvgIpc) is 2.92. The number of carbonyl (C=O) groups excluding carboxylic acids is 2. The van der Waals surface area contributed by atoms with Gasteiger partial charge in [-0.05, 0) is 37.6 Å². The molecule has 2 aromatic heterocycles. The molecule has 2 amide bonds. The Kier molecular flexibility index (Phi) is 6.02. The second-order valence-electron chi connectivity index (χ2n) is 8.60. The van der Waals surface area contributed by atoms with Crippen LogP contribution in [0.2, 0.25) is 0 Å². The van der Waals surface area contributed by atoms with E-state index in [2.05, 4.69) is 25.1 Å². The summed E-state index contributed by atoms with van der Waals surface area (Å²) in [5.41, 5.74) is 1.74. The molecule has 1 atom stereocenters. The average molecular weight is 399 g/mol. The molecular weight excluding hydrogens is 368 g/mol. The number of rotatable bonds is 4. The molecule has 8 nitrogen and oxygen atoms in total. The van der Waals surface area contributed by atoms with Crippen LogP contribution in [-0.4, -0.2) is 57.9 Å². The molecule has 0 aromatic carbocycles. The predicted octanol–water partition coefficient (Wildman–Crippen LogP) is 1.67. The van der Waals surface area contributed by atoms with Crippen LogP contribution in [0.1, 0.15) is 43.4 Å². The molecule has 2 N–H and O–H groups in total. The quantitative estimate of drug-likeness (QED) is 0.817. The molecule has 0 spiro atoms. The minimum absolute atomic E-state index is 0.220. The molecule has 156 valence electrons. The molecule has 0 fully saturated rings. The van der Waals surface area contributed by atoms with Crippen molar-refractivity contribution in [1.29, 1.82) is 0 Å². The van der Waals surface area contributed by atoms with Crippen LogP contribution in [0.25, 0.3) is 11.4 Å². The molecule has 8 heteroatoms. The normalized spacial score (nSPS) is 15.9. The lowest BCUT2D eigenvalue weighted by molar-refractivity contribution is -0.124. The molecule has 0 radical (unpaired) electrons. The fraction of sp³-hybridized carbons (Fsp3) is 0.524. The van der Waals surface area contributed by atoms with Crippen molar-refractivity contribution in [2.75, 3.05) is 20.6 Å². The summed E-state index contributed by atoms with van der Waals surface area (Å²) in [6.45, 7) is 8.14. The zero-order valence-electron chi connectivity index (χ0n) is 17.8. The Balaban J connectivity index is 2.03. The first-order valence-corrected chi connectivity index (χ1v) is 9.93. The van der Waals surface area contributed by atoms with Crippen LogP contribution in [0.5, 0.6) is 0 Å². The zero-order chi connectivity index (χ0) is 21.2. The number of imidazole rings is 1. The molecular formula is C21H30N6O2. The summed E-state index contributed by atoms with van der Waals surface area (Å²) < 4.78 is 2.12. The lowest BCUT2D eigenvalue weighted by Crippen LogP contribution is -2.53. The molecule has 3 rings (SSSR count). The van der Waals surface area contributed by atoms with Gasteiger partial charge in [0.2, 0.25) is 5.91 Å². The van der Waals surface area contributed by atoms with Gasteiger partial charge in [0, 0.05) is 38.1 Å². The van der Waals surface area contributed by atoms with E-state index in [9.17, 15) is 9.59 Å². The van der Waals surface area contributed by atoms with Crippen LogP contribution in [0.15, 0.2) is 24.5 Å². The van der Waals surface area contributed by atoms with Gasteiger partial charge in [0.1, 0.15) is 11.9 Å². The van der Waals surface area contributed by atoms with Gasteiger partial charge in [0.15, 0.2) is 5.69 Å². The number of aromatic nitrogens is 3. The Hall–Kier alpha value is -2.74. The summed E-state index contributed by atoms with van der Waals surface area (Å²) in [4.78, 5) is 36.6. The molecule has 0 aliphatic carbocycles. The SMILES string of the molecule is CNC(=O)[C@@H](NC(=O)c1nc(-c2ccncc2)n2c1CN(C)CCC2)C(C)(C)C. The van der Waals surface area contributed by atoms with Crippen LogP contribution in [0.3, 0.4) is 0 Å². The third-order valence-corrected chi connectivity index (χ3v) is 5.22. The highest BCUT2D eigenvalue weighted by atomic mass is 16.2. The fourth-order valence-electron chi connectivity index (χ4n) is 3.64. The van der Waals surface area contributed by atoms with E-state index < -0.39 is 11.5 Å². The van der Waals surface area contributed by atoms with Crippen molar-refractivity contribution in [1.82, 2.24) is 30.1 Å². The van der Waals surface area contributed by atoms with Gasteiger partial charge >= 0.3 is 0 Å². The van der Waals surface area contributed by atoms with Gasteiger partial charge in [-0.15, -0.1) is 0 Å². The summed E-state index contributed by atoms with van der Waals surface area (Å²) in [6, 6.07) is 3.13. The summed E-state index contributed by atoms with van der Waals surface area (Å²) >= 11 is 0. The van der Waals surface area contributed by atoms with Crippen molar-refractivity contribution in [2.24, 2.45) is 5.41 Å². The minimum Gasteiger partial charge on any atom is -0.357 e. The number of nitrogens with one attached hydrogen (secondary N) is 2.